The maximum Gasteiger partial charge on any atom is 0.164 e. The number of aromatic hydroxyl groups is 1. The van der Waals surface area contributed by atoms with Crippen LogP contribution in [0.3, 0.4) is 0 Å². The highest BCUT2D eigenvalue weighted by Gasteiger charge is 2.15. The molecular weight excluding hydrogens is 286 g/mol. The van der Waals surface area contributed by atoms with E-state index in [1.54, 1.807) is 12.3 Å². The van der Waals surface area contributed by atoms with Gasteiger partial charge in [0, 0.05) is 12.6 Å². The minimum atomic E-state index is 0.215. The molecule has 0 unspecified atom stereocenters. The molecule has 1 N–H and O–H groups in total. The summed E-state index contributed by atoms with van der Waals surface area (Å²) in [7, 11) is 0. The van der Waals surface area contributed by atoms with Crippen LogP contribution in [0.1, 0.15) is 11.4 Å². The summed E-state index contributed by atoms with van der Waals surface area (Å²) in [6.45, 7) is 0. The van der Waals surface area contributed by atoms with Gasteiger partial charge in [0.1, 0.15) is 17.1 Å². The average Bonchev–Trinajstić information content (AvgIpc) is 2.94. The fourth-order valence-corrected chi connectivity index (χ4v) is 2.76. The third-order valence-electron chi connectivity index (χ3n) is 3.81. The molecule has 0 aliphatic carbocycles. The van der Waals surface area contributed by atoms with Crippen molar-refractivity contribution in [3.05, 3.63) is 84.3 Å². The molecule has 4 heteroatoms. The van der Waals surface area contributed by atoms with Crippen LogP contribution in [0.4, 0.5) is 0 Å². The molecule has 112 valence electrons. The highest BCUT2D eigenvalue weighted by molar-refractivity contribution is 5.74. The molecule has 0 saturated carbocycles. The number of hydrogen-bond acceptors (Lipinski definition) is 3. The summed E-state index contributed by atoms with van der Waals surface area (Å²) in [6, 6.07) is 21.2. The first-order chi connectivity index (χ1) is 11.3. The van der Waals surface area contributed by atoms with Crippen LogP contribution in [-0.2, 0) is 6.42 Å². The second-order valence-corrected chi connectivity index (χ2v) is 5.36. The van der Waals surface area contributed by atoms with E-state index >= 15 is 0 Å². The number of rotatable bonds is 3. The summed E-state index contributed by atoms with van der Waals surface area (Å²) in [5.41, 5.74) is 3.43. The van der Waals surface area contributed by atoms with E-state index in [9.17, 15) is 5.11 Å². The van der Waals surface area contributed by atoms with E-state index in [4.69, 9.17) is 4.98 Å². The van der Waals surface area contributed by atoms with Gasteiger partial charge in [-0.3, -0.25) is 4.57 Å². The van der Waals surface area contributed by atoms with Crippen LogP contribution >= 0.6 is 0 Å². The molecular formula is C19H15N3O. The van der Waals surface area contributed by atoms with E-state index in [0.717, 1.165) is 17.0 Å². The molecule has 4 aromatic rings. The SMILES string of the molecule is Oc1ccccc1-n1c(Cc2ccccc2)nc2cccnc21. The van der Waals surface area contributed by atoms with E-state index in [-0.39, 0.29) is 5.75 Å². The molecule has 0 aliphatic rings. The molecule has 4 rings (SSSR count). The molecule has 0 radical (unpaired) electrons. The molecule has 4 nitrogen and oxygen atoms in total. The zero-order valence-electron chi connectivity index (χ0n) is 12.4. The normalized spacial score (nSPS) is 11.0. The Morgan fingerprint density at radius 3 is 2.48 bits per heavy atom. The Labute approximate surface area is 133 Å². The predicted octanol–water partition coefficient (Wildman–Crippen LogP) is 3.72. The monoisotopic (exact) mass is 301 g/mol. The molecule has 2 aromatic heterocycles. The van der Waals surface area contributed by atoms with E-state index in [2.05, 4.69) is 17.1 Å². The van der Waals surface area contributed by atoms with Gasteiger partial charge in [-0.2, -0.15) is 0 Å². The van der Waals surface area contributed by atoms with Crippen LogP contribution in [0.2, 0.25) is 0 Å². The molecule has 0 amide bonds. The fourth-order valence-electron chi connectivity index (χ4n) is 2.76. The molecule has 0 aliphatic heterocycles. The van der Waals surface area contributed by atoms with Gasteiger partial charge in [0.15, 0.2) is 5.65 Å². The molecule has 0 atom stereocenters. The summed E-state index contributed by atoms with van der Waals surface area (Å²) < 4.78 is 1.93. The zero-order valence-corrected chi connectivity index (χ0v) is 12.4. The average molecular weight is 301 g/mol. The number of benzene rings is 2. The Hall–Kier alpha value is -3.14. The van der Waals surface area contributed by atoms with Crippen LogP contribution in [0.15, 0.2) is 72.9 Å². The number of para-hydroxylation sites is 2. The molecule has 0 bridgehead atoms. The highest BCUT2D eigenvalue weighted by atomic mass is 16.3. The van der Waals surface area contributed by atoms with E-state index in [1.165, 1.54) is 5.56 Å². The van der Waals surface area contributed by atoms with Gasteiger partial charge in [0.2, 0.25) is 0 Å². The van der Waals surface area contributed by atoms with Crippen molar-refractivity contribution in [3.63, 3.8) is 0 Å². The third kappa shape index (κ3) is 2.44. The largest absolute Gasteiger partial charge is 0.506 e. The third-order valence-corrected chi connectivity index (χ3v) is 3.81. The highest BCUT2D eigenvalue weighted by Crippen LogP contribution is 2.27. The van der Waals surface area contributed by atoms with Gasteiger partial charge in [0.25, 0.3) is 0 Å². The fraction of sp³-hybridized carbons (Fsp3) is 0.0526. The van der Waals surface area contributed by atoms with Gasteiger partial charge >= 0.3 is 0 Å². The van der Waals surface area contributed by atoms with Crippen LogP contribution in [0.25, 0.3) is 16.9 Å². The summed E-state index contributed by atoms with van der Waals surface area (Å²) >= 11 is 0. The van der Waals surface area contributed by atoms with Crippen LogP contribution in [-0.4, -0.2) is 19.6 Å². The number of hydrogen-bond donors (Lipinski definition) is 1. The van der Waals surface area contributed by atoms with Crippen molar-refractivity contribution in [3.8, 4) is 11.4 Å². The summed E-state index contributed by atoms with van der Waals surface area (Å²) in [5.74, 6) is 1.07. The maximum atomic E-state index is 10.3. The Morgan fingerprint density at radius 2 is 1.65 bits per heavy atom. The predicted molar refractivity (Wildman–Crippen MR) is 89.8 cm³/mol. The lowest BCUT2D eigenvalue weighted by Crippen LogP contribution is -2.03. The Balaban J connectivity index is 1.94. The number of nitrogens with zero attached hydrogens (tertiary/aromatic N) is 3. The van der Waals surface area contributed by atoms with Crippen molar-refractivity contribution < 1.29 is 5.11 Å². The molecule has 2 aromatic carbocycles. The van der Waals surface area contributed by atoms with Gasteiger partial charge in [-0.25, -0.2) is 9.97 Å². The van der Waals surface area contributed by atoms with E-state index in [1.807, 2.05) is 53.1 Å². The molecule has 0 saturated heterocycles. The number of phenols is 1. The quantitative estimate of drug-likeness (QED) is 0.627. The van der Waals surface area contributed by atoms with Gasteiger partial charge < -0.3 is 5.11 Å². The first kappa shape index (κ1) is 13.5. The zero-order chi connectivity index (χ0) is 15.6. The molecule has 0 fully saturated rings. The van der Waals surface area contributed by atoms with Crippen LogP contribution in [0, 0.1) is 0 Å². The van der Waals surface area contributed by atoms with Crippen LogP contribution in [0.5, 0.6) is 5.75 Å². The lowest BCUT2D eigenvalue weighted by molar-refractivity contribution is 0.472. The Morgan fingerprint density at radius 1 is 0.870 bits per heavy atom. The molecule has 2 heterocycles. The van der Waals surface area contributed by atoms with E-state index in [0.29, 0.717) is 12.1 Å². The topological polar surface area (TPSA) is 50.9 Å². The van der Waals surface area contributed by atoms with Gasteiger partial charge in [0.05, 0.1) is 5.69 Å². The van der Waals surface area contributed by atoms with Gasteiger partial charge in [-0.05, 0) is 29.8 Å². The van der Waals surface area contributed by atoms with E-state index < -0.39 is 0 Å². The van der Waals surface area contributed by atoms with Crippen molar-refractivity contribution in [1.29, 1.82) is 0 Å². The lowest BCUT2D eigenvalue weighted by atomic mass is 10.1. The minimum absolute atomic E-state index is 0.215. The number of imidazole rings is 1. The number of aromatic nitrogens is 3. The second-order valence-electron chi connectivity index (χ2n) is 5.36. The number of fused-ring (bicyclic) bond motifs is 1. The standard InChI is InChI=1S/C19H15N3O/c23-17-11-5-4-10-16(17)22-18(13-14-7-2-1-3-8-14)21-15-9-6-12-20-19(15)22/h1-12,23H,13H2. The molecule has 23 heavy (non-hydrogen) atoms. The first-order valence-corrected chi connectivity index (χ1v) is 7.47. The minimum Gasteiger partial charge on any atom is -0.506 e. The maximum absolute atomic E-state index is 10.3. The van der Waals surface area contributed by atoms with Gasteiger partial charge in [-0.15, -0.1) is 0 Å². The van der Waals surface area contributed by atoms with Crippen molar-refractivity contribution in [2.24, 2.45) is 0 Å². The number of phenolic OH excluding ortho intramolecular Hbond substituents is 1. The van der Waals surface area contributed by atoms with Crippen LogP contribution < -0.4 is 0 Å². The Kier molecular flexibility index (Phi) is 3.27. The first-order valence-electron chi connectivity index (χ1n) is 7.47. The van der Waals surface area contributed by atoms with Gasteiger partial charge in [-0.1, -0.05) is 42.5 Å². The van der Waals surface area contributed by atoms with Crippen molar-refractivity contribution in [1.82, 2.24) is 14.5 Å². The van der Waals surface area contributed by atoms with Crippen molar-refractivity contribution in [2.75, 3.05) is 0 Å². The second kappa shape index (κ2) is 5.57. The smallest absolute Gasteiger partial charge is 0.164 e. The number of pyridine rings is 1. The lowest BCUT2D eigenvalue weighted by Gasteiger charge is -2.10. The Bertz CT molecular complexity index is 961. The summed E-state index contributed by atoms with van der Waals surface area (Å²) in [5, 5.41) is 10.3. The summed E-state index contributed by atoms with van der Waals surface area (Å²) in [6.07, 6.45) is 2.42. The molecule has 0 spiro atoms. The summed E-state index contributed by atoms with van der Waals surface area (Å²) in [4.78, 5) is 9.17. The van der Waals surface area contributed by atoms with Crippen molar-refractivity contribution >= 4 is 11.2 Å². The van der Waals surface area contributed by atoms with Crippen molar-refractivity contribution in [2.45, 2.75) is 6.42 Å².